The van der Waals surface area contributed by atoms with E-state index in [4.69, 9.17) is 9.47 Å². The number of benzene rings is 4. The average molecular weight is 882 g/mol. The van der Waals surface area contributed by atoms with Gasteiger partial charge in [-0.05, 0) is 96.1 Å². The van der Waals surface area contributed by atoms with Crippen LogP contribution in [0.15, 0.2) is 102 Å². The lowest BCUT2D eigenvalue weighted by atomic mass is 9.89. The molecule has 10 rings (SSSR count). The zero-order valence-corrected chi connectivity index (χ0v) is 36.3. The summed E-state index contributed by atoms with van der Waals surface area (Å²) in [5, 5.41) is 15.3. The predicted molar refractivity (Wildman–Crippen MR) is 242 cm³/mol. The second kappa shape index (κ2) is 17.3. The van der Waals surface area contributed by atoms with E-state index in [-0.39, 0.29) is 41.1 Å². The molecule has 0 bridgehead atoms. The second-order valence-electron chi connectivity index (χ2n) is 17.3. The first kappa shape index (κ1) is 42.1. The Morgan fingerprint density at radius 3 is 2.46 bits per heavy atom. The summed E-state index contributed by atoms with van der Waals surface area (Å²) in [4.78, 5) is 49.6. The molecule has 65 heavy (non-hydrogen) atoms. The van der Waals surface area contributed by atoms with Crippen molar-refractivity contribution in [3.8, 4) is 28.4 Å². The summed E-state index contributed by atoms with van der Waals surface area (Å²) in [6.45, 7) is 5.06. The number of phenolic OH excluding ortho intramolecular Hbond substituents is 1. The van der Waals surface area contributed by atoms with E-state index in [2.05, 4.69) is 16.1 Å². The van der Waals surface area contributed by atoms with Gasteiger partial charge in [0, 0.05) is 74.6 Å². The first-order valence-corrected chi connectivity index (χ1v) is 22.0. The van der Waals surface area contributed by atoms with Crippen molar-refractivity contribution in [3.05, 3.63) is 141 Å². The summed E-state index contributed by atoms with van der Waals surface area (Å²) >= 11 is 0. The molecule has 0 unspecified atom stereocenters. The van der Waals surface area contributed by atoms with Crippen molar-refractivity contribution >= 4 is 33.6 Å². The fourth-order valence-corrected chi connectivity index (χ4v) is 9.72. The lowest BCUT2D eigenvalue weighted by Crippen LogP contribution is -2.43. The number of rotatable bonds is 10. The minimum atomic E-state index is -2.91. The van der Waals surface area contributed by atoms with Crippen LogP contribution in [-0.4, -0.2) is 103 Å². The molecule has 0 aliphatic carbocycles. The van der Waals surface area contributed by atoms with Gasteiger partial charge in [-0.15, -0.1) is 0 Å². The van der Waals surface area contributed by atoms with Gasteiger partial charge in [0.05, 0.1) is 54.1 Å². The minimum absolute atomic E-state index is 0.0194. The van der Waals surface area contributed by atoms with Crippen LogP contribution in [0, 0.1) is 0 Å². The molecule has 1 fully saturated rings. The number of pyridine rings is 1. The van der Waals surface area contributed by atoms with Crippen LogP contribution < -0.4 is 10.3 Å². The van der Waals surface area contributed by atoms with Crippen LogP contribution in [0.2, 0.25) is 0 Å². The second-order valence-corrected chi connectivity index (χ2v) is 17.3. The summed E-state index contributed by atoms with van der Waals surface area (Å²) in [6.07, 6.45) is 3.78. The van der Waals surface area contributed by atoms with Crippen LogP contribution in [-0.2, 0) is 48.9 Å². The quantitative estimate of drug-likeness (QED) is 0.158. The monoisotopic (exact) mass is 881 g/mol. The largest absolute Gasteiger partial charge is 0.508 e. The Hall–Kier alpha value is -6.84. The molecule has 7 aromatic rings. The number of nitrogens with zero attached hydrogens (tertiary/aromatic N) is 7. The molecule has 1 saturated heterocycles. The van der Waals surface area contributed by atoms with Crippen LogP contribution in [0.3, 0.4) is 0 Å². The number of ether oxygens (including phenoxy) is 2. The molecular weight excluding hydrogens is 833 g/mol. The van der Waals surface area contributed by atoms with E-state index in [1.165, 1.54) is 22.4 Å². The lowest BCUT2D eigenvalue weighted by Gasteiger charge is -2.36. The predicted octanol–water partition coefficient (Wildman–Crippen LogP) is 6.87. The van der Waals surface area contributed by atoms with Crippen molar-refractivity contribution in [1.82, 2.24) is 33.6 Å². The number of alkyl halides is 2. The number of hydrogen-bond acceptors (Lipinski definition) is 8. The Morgan fingerprint density at radius 2 is 1.69 bits per heavy atom. The SMILES string of the molecule is C[C@@H]1Cc2ccccc2CN1C(=O)c1cc2c(cc1-c1cc3c(=O)n(-c4cnn(C(F)F)c4)c4ccc(O)cc4c3n1C)CCN(C(=O)Cc1ccc(OCCN3CCOCC3)cc1)C2. The molecule has 4 aromatic carbocycles. The smallest absolute Gasteiger partial charge is 0.333 e. The highest BCUT2D eigenvalue weighted by Crippen LogP contribution is 2.38. The lowest BCUT2D eigenvalue weighted by molar-refractivity contribution is -0.131. The molecule has 15 heteroatoms. The highest BCUT2D eigenvalue weighted by molar-refractivity contribution is 6.09. The van der Waals surface area contributed by atoms with Crippen molar-refractivity contribution in [1.29, 1.82) is 0 Å². The molecule has 2 amide bonds. The molecule has 1 atom stereocenters. The minimum Gasteiger partial charge on any atom is -0.508 e. The van der Waals surface area contributed by atoms with Crippen molar-refractivity contribution in [3.63, 3.8) is 0 Å². The van der Waals surface area contributed by atoms with Gasteiger partial charge in [0.1, 0.15) is 18.1 Å². The molecule has 6 heterocycles. The Morgan fingerprint density at radius 1 is 0.908 bits per heavy atom. The van der Waals surface area contributed by atoms with Gasteiger partial charge in [0.25, 0.3) is 11.5 Å². The molecule has 0 radical (unpaired) electrons. The Balaban J connectivity index is 0.997. The van der Waals surface area contributed by atoms with E-state index in [1.807, 2.05) is 82.9 Å². The van der Waals surface area contributed by atoms with Crippen LogP contribution in [0.5, 0.6) is 11.5 Å². The zero-order valence-electron chi connectivity index (χ0n) is 36.3. The Bertz CT molecular complexity index is 3030. The number of phenols is 1. The molecule has 334 valence electrons. The number of aromatic hydroxyl groups is 1. The van der Waals surface area contributed by atoms with Crippen LogP contribution >= 0.6 is 0 Å². The average Bonchev–Trinajstić information content (AvgIpc) is 3.95. The summed E-state index contributed by atoms with van der Waals surface area (Å²) in [5.41, 5.74) is 7.23. The molecule has 1 N–H and O–H groups in total. The maximum atomic E-state index is 15.1. The maximum Gasteiger partial charge on any atom is 0.333 e. The van der Waals surface area contributed by atoms with Crippen molar-refractivity contribution < 1.29 is 33.0 Å². The molecule has 3 aliphatic heterocycles. The first-order chi connectivity index (χ1) is 31.5. The maximum absolute atomic E-state index is 15.1. The topological polar surface area (TPSA) is 127 Å². The van der Waals surface area contributed by atoms with Crippen molar-refractivity contribution in [2.45, 2.75) is 51.9 Å². The number of aromatic nitrogens is 4. The van der Waals surface area contributed by atoms with Gasteiger partial charge in [-0.2, -0.15) is 13.9 Å². The van der Waals surface area contributed by atoms with E-state index in [9.17, 15) is 23.5 Å². The molecule has 13 nitrogen and oxygen atoms in total. The summed E-state index contributed by atoms with van der Waals surface area (Å²) in [7, 11) is 1.82. The normalized spacial score (nSPS) is 16.6. The summed E-state index contributed by atoms with van der Waals surface area (Å²) in [6, 6.07) is 25.9. The van der Waals surface area contributed by atoms with Gasteiger partial charge in [0.15, 0.2) is 0 Å². The number of amides is 2. The number of carbonyl (C=O) groups is 2. The molecule has 0 spiro atoms. The third kappa shape index (κ3) is 8.03. The fourth-order valence-electron chi connectivity index (χ4n) is 9.72. The molecule has 3 aliphatic rings. The summed E-state index contributed by atoms with van der Waals surface area (Å²) in [5.74, 6) is 0.518. The van der Waals surface area contributed by atoms with Crippen LogP contribution in [0.25, 0.3) is 38.8 Å². The molecule has 0 saturated carbocycles. The van der Waals surface area contributed by atoms with Gasteiger partial charge >= 0.3 is 6.55 Å². The highest BCUT2D eigenvalue weighted by atomic mass is 19.3. The third-order valence-corrected chi connectivity index (χ3v) is 13.2. The van der Waals surface area contributed by atoms with Gasteiger partial charge in [-0.3, -0.25) is 23.9 Å². The van der Waals surface area contributed by atoms with E-state index in [0.717, 1.165) is 67.0 Å². The van der Waals surface area contributed by atoms with E-state index in [1.54, 1.807) is 18.2 Å². The first-order valence-electron chi connectivity index (χ1n) is 22.0. The number of morpholine rings is 1. The van der Waals surface area contributed by atoms with Gasteiger partial charge in [0.2, 0.25) is 5.91 Å². The van der Waals surface area contributed by atoms with E-state index < -0.39 is 12.1 Å². The standard InChI is InChI=1S/C50H49F2N7O6/c1-31-21-33-5-3-4-6-35(33)29-57(31)48(62)41-24-36-28-56(46(61)22-32-7-10-39(11-8-32)65-20-17-55-15-18-64-19-16-55)14-13-34(36)23-40(41)45-26-43-47(54(45)2)42-25-38(60)9-12-44(42)59(49(43)63)37-27-53-58(30-37)50(51)52/h3-12,23-27,30-31,50,60H,13-22,28-29H2,1-2H3/t31-/m1/s1. The molecule has 3 aromatic heterocycles. The molecular formula is C50H49F2N7O6. The summed E-state index contributed by atoms with van der Waals surface area (Å²) < 4.78 is 42.4. The third-order valence-electron chi connectivity index (χ3n) is 13.2. The van der Waals surface area contributed by atoms with Gasteiger partial charge < -0.3 is 28.9 Å². The number of halogens is 2. The fraction of sp³-hybridized carbons (Fsp3) is 0.320. The van der Waals surface area contributed by atoms with Crippen LogP contribution in [0.4, 0.5) is 8.78 Å². The number of aryl methyl sites for hydroxylation is 1. The van der Waals surface area contributed by atoms with Crippen molar-refractivity contribution in [2.24, 2.45) is 7.05 Å². The van der Waals surface area contributed by atoms with E-state index in [0.29, 0.717) is 77.0 Å². The van der Waals surface area contributed by atoms with Crippen LogP contribution in [0.1, 0.15) is 51.6 Å². The van der Waals surface area contributed by atoms with Gasteiger partial charge in [-0.1, -0.05) is 36.4 Å². The van der Waals surface area contributed by atoms with E-state index >= 15 is 4.79 Å². The Labute approximate surface area is 373 Å². The number of carbonyl (C=O) groups excluding carboxylic acids is 2. The van der Waals surface area contributed by atoms with Gasteiger partial charge in [-0.25, -0.2) is 4.68 Å². The number of fused-ring (bicyclic) bond motifs is 5. The highest BCUT2D eigenvalue weighted by Gasteiger charge is 2.32. The van der Waals surface area contributed by atoms with Crippen molar-refractivity contribution in [2.75, 3.05) is 46.0 Å². The zero-order chi connectivity index (χ0) is 44.9. The number of hydrogen-bond donors (Lipinski definition) is 1. The Kier molecular flexibility index (Phi) is 11.2.